The summed E-state index contributed by atoms with van der Waals surface area (Å²) >= 11 is 0. The Kier molecular flexibility index (Phi) is 5.03. The minimum Gasteiger partial charge on any atom is -0.374 e. The number of rotatable bonds is 5. The minimum absolute atomic E-state index is 0.117. The van der Waals surface area contributed by atoms with Crippen LogP contribution in [-0.4, -0.2) is 18.8 Å². The zero-order valence-electron chi connectivity index (χ0n) is 11.6. The third kappa shape index (κ3) is 4.15. The lowest BCUT2D eigenvalue weighted by Gasteiger charge is -2.40. The van der Waals surface area contributed by atoms with Gasteiger partial charge in [-0.1, -0.05) is 52.4 Å². The molecule has 92 valence electrons. The molecule has 1 atom stereocenters. The van der Waals surface area contributed by atoms with E-state index in [-0.39, 0.29) is 5.04 Å². The van der Waals surface area contributed by atoms with Crippen LogP contribution in [0.4, 0.5) is 0 Å². The average molecular weight is 238 g/mol. The van der Waals surface area contributed by atoms with Crippen molar-refractivity contribution in [2.75, 3.05) is 0 Å². The van der Waals surface area contributed by atoms with Gasteiger partial charge in [-0.05, 0) is 24.0 Å². The van der Waals surface area contributed by atoms with Gasteiger partial charge in [0.25, 0.3) is 0 Å². The molecule has 0 aromatic heterocycles. The lowest BCUT2D eigenvalue weighted by Crippen LogP contribution is -2.41. The highest BCUT2D eigenvalue weighted by Crippen LogP contribution is 2.44. The Morgan fingerprint density at radius 1 is 1.31 bits per heavy atom. The number of hydrogen-bond donors (Lipinski definition) is 1. The number of hydrogen-bond acceptors (Lipinski definition) is 1. The van der Waals surface area contributed by atoms with Crippen molar-refractivity contribution in [2.45, 2.75) is 63.9 Å². The fourth-order valence-electron chi connectivity index (χ4n) is 1.41. The van der Waals surface area contributed by atoms with E-state index < -0.39 is 13.7 Å². The van der Waals surface area contributed by atoms with Crippen molar-refractivity contribution in [3.63, 3.8) is 0 Å². The quantitative estimate of drug-likeness (QED) is 0.438. The molecule has 1 N–H and O–H groups in total. The summed E-state index contributed by atoms with van der Waals surface area (Å²) in [5.41, 5.74) is -1.08. The molecule has 0 fully saturated rings. The molecule has 0 rings (SSSR count). The predicted octanol–water partition coefficient (Wildman–Crippen LogP) is 3.83. The molecular formula is C14H26OSi. The summed E-state index contributed by atoms with van der Waals surface area (Å²) in [7, 11) is -1.34. The zero-order valence-corrected chi connectivity index (χ0v) is 12.6. The first-order valence-corrected chi connectivity index (χ1v) is 9.46. The standard InChI is InChI=1S/C14H26OSi/c1-8-10-11-14(15,9-2)12-13(3,4)16(5,6)7/h2,10-11,15H,8,12H2,1,3-7H3. The van der Waals surface area contributed by atoms with Crippen LogP contribution in [0.15, 0.2) is 12.2 Å². The zero-order chi connectivity index (χ0) is 13.0. The third-order valence-electron chi connectivity index (χ3n) is 3.62. The van der Waals surface area contributed by atoms with Gasteiger partial charge >= 0.3 is 0 Å². The number of aliphatic hydroxyl groups is 1. The first-order valence-electron chi connectivity index (χ1n) is 5.96. The Morgan fingerprint density at radius 2 is 1.81 bits per heavy atom. The van der Waals surface area contributed by atoms with Crippen LogP contribution >= 0.6 is 0 Å². The van der Waals surface area contributed by atoms with Crippen LogP contribution in [0.25, 0.3) is 0 Å². The van der Waals surface area contributed by atoms with Gasteiger partial charge < -0.3 is 5.11 Å². The van der Waals surface area contributed by atoms with Crippen molar-refractivity contribution in [1.29, 1.82) is 0 Å². The van der Waals surface area contributed by atoms with Gasteiger partial charge in [-0.2, -0.15) is 0 Å². The fraction of sp³-hybridized carbons (Fsp3) is 0.714. The van der Waals surface area contributed by atoms with Gasteiger partial charge in [-0.25, -0.2) is 0 Å². The largest absolute Gasteiger partial charge is 0.374 e. The molecule has 0 aliphatic rings. The van der Waals surface area contributed by atoms with E-state index in [9.17, 15) is 5.11 Å². The van der Waals surface area contributed by atoms with Gasteiger partial charge in [0.05, 0.1) is 8.07 Å². The van der Waals surface area contributed by atoms with Gasteiger partial charge in [0.15, 0.2) is 0 Å². The van der Waals surface area contributed by atoms with Crippen molar-refractivity contribution in [3.8, 4) is 12.3 Å². The van der Waals surface area contributed by atoms with Crippen molar-refractivity contribution in [1.82, 2.24) is 0 Å². The van der Waals surface area contributed by atoms with Gasteiger partial charge in [-0.15, -0.1) is 6.42 Å². The molecule has 0 amide bonds. The normalized spacial score (nSPS) is 17.1. The summed E-state index contributed by atoms with van der Waals surface area (Å²) in [5, 5.41) is 10.5. The highest BCUT2D eigenvalue weighted by atomic mass is 28.3. The molecule has 0 aliphatic carbocycles. The van der Waals surface area contributed by atoms with Crippen LogP contribution in [0, 0.1) is 12.3 Å². The summed E-state index contributed by atoms with van der Waals surface area (Å²) in [6.45, 7) is 13.4. The third-order valence-corrected chi connectivity index (χ3v) is 7.86. The second-order valence-corrected chi connectivity index (χ2v) is 12.0. The van der Waals surface area contributed by atoms with E-state index in [0.717, 1.165) is 6.42 Å². The Labute approximate surface area is 102 Å². The van der Waals surface area contributed by atoms with E-state index in [0.29, 0.717) is 6.42 Å². The lowest BCUT2D eigenvalue weighted by atomic mass is 9.91. The van der Waals surface area contributed by atoms with Crippen LogP contribution < -0.4 is 0 Å². The fourth-order valence-corrected chi connectivity index (χ4v) is 2.21. The lowest BCUT2D eigenvalue weighted by molar-refractivity contribution is 0.128. The molecule has 2 heteroatoms. The molecular weight excluding hydrogens is 212 g/mol. The van der Waals surface area contributed by atoms with Crippen LogP contribution in [-0.2, 0) is 0 Å². The maximum Gasteiger partial charge on any atom is 0.144 e. The van der Waals surface area contributed by atoms with Crippen molar-refractivity contribution in [3.05, 3.63) is 12.2 Å². The first-order chi connectivity index (χ1) is 7.08. The second kappa shape index (κ2) is 5.20. The van der Waals surface area contributed by atoms with E-state index in [1.807, 2.05) is 13.0 Å². The van der Waals surface area contributed by atoms with E-state index in [2.05, 4.69) is 39.4 Å². The molecule has 0 saturated heterocycles. The molecule has 1 nitrogen and oxygen atoms in total. The molecule has 1 unspecified atom stereocenters. The molecule has 0 aromatic carbocycles. The Morgan fingerprint density at radius 3 is 2.12 bits per heavy atom. The van der Waals surface area contributed by atoms with Crippen molar-refractivity contribution >= 4 is 8.07 Å². The van der Waals surface area contributed by atoms with E-state index >= 15 is 0 Å². The van der Waals surface area contributed by atoms with E-state index in [1.165, 1.54) is 0 Å². The Bertz CT molecular complexity index is 291. The van der Waals surface area contributed by atoms with E-state index in [1.54, 1.807) is 6.08 Å². The topological polar surface area (TPSA) is 20.2 Å². The Balaban J connectivity index is 4.94. The SMILES string of the molecule is C#CC(O)(C=CCC)CC(C)(C)[Si](C)(C)C. The number of allylic oxidation sites excluding steroid dienone is 1. The summed E-state index contributed by atoms with van der Waals surface area (Å²) in [5.74, 6) is 2.53. The molecule has 0 bridgehead atoms. The van der Waals surface area contributed by atoms with Crippen LogP contribution in [0.1, 0.15) is 33.6 Å². The van der Waals surface area contributed by atoms with Gasteiger partial charge in [0, 0.05) is 0 Å². The van der Waals surface area contributed by atoms with Crippen molar-refractivity contribution in [2.24, 2.45) is 0 Å². The molecule has 16 heavy (non-hydrogen) atoms. The van der Waals surface area contributed by atoms with Gasteiger partial charge in [0.2, 0.25) is 0 Å². The van der Waals surface area contributed by atoms with Crippen LogP contribution in [0.5, 0.6) is 0 Å². The summed E-state index contributed by atoms with van der Waals surface area (Å²) in [6, 6.07) is 0. The maximum atomic E-state index is 10.3. The van der Waals surface area contributed by atoms with Crippen LogP contribution in [0.2, 0.25) is 24.7 Å². The highest BCUT2D eigenvalue weighted by Gasteiger charge is 2.40. The smallest absolute Gasteiger partial charge is 0.144 e. The van der Waals surface area contributed by atoms with Crippen molar-refractivity contribution < 1.29 is 5.11 Å². The van der Waals surface area contributed by atoms with Gasteiger partial charge in [-0.3, -0.25) is 0 Å². The molecule has 0 heterocycles. The summed E-state index contributed by atoms with van der Waals surface area (Å²) in [6.07, 6.45) is 10.7. The highest BCUT2D eigenvalue weighted by molar-refractivity contribution is 6.79. The van der Waals surface area contributed by atoms with E-state index in [4.69, 9.17) is 6.42 Å². The average Bonchev–Trinajstić information content (AvgIpc) is 2.12. The summed E-state index contributed by atoms with van der Waals surface area (Å²) < 4.78 is 0. The molecule has 0 saturated carbocycles. The first kappa shape index (κ1) is 15.5. The number of terminal acetylenes is 1. The second-order valence-electron chi connectivity index (χ2n) is 6.19. The summed E-state index contributed by atoms with van der Waals surface area (Å²) in [4.78, 5) is 0. The molecule has 0 radical (unpaired) electrons. The molecule has 0 spiro atoms. The predicted molar refractivity (Wildman–Crippen MR) is 75.2 cm³/mol. The Hall–Kier alpha value is -0.523. The maximum absolute atomic E-state index is 10.3. The van der Waals surface area contributed by atoms with Crippen LogP contribution in [0.3, 0.4) is 0 Å². The molecule has 0 aliphatic heterocycles. The molecule has 0 aromatic rings. The van der Waals surface area contributed by atoms with Gasteiger partial charge in [0.1, 0.15) is 5.60 Å². The minimum atomic E-state index is -1.34. The monoisotopic (exact) mass is 238 g/mol.